The third-order valence-corrected chi connectivity index (χ3v) is 5.25. The minimum atomic E-state index is -0.200. The van der Waals surface area contributed by atoms with Crippen LogP contribution < -0.4 is 15.4 Å². The third-order valence-electron chi connectivity index (χ3n) is 4.26. The van der Waals surface area contributed by atoms with Crippen molar-refractivity contribution in [2.75, 3.05) is 23.5 Å². The molecule has 0 fully saturated rings. The second kappa shape index (κ2) is 10.6. The Hall–Kier alpha value is -3.30. The van der Waals surface area contributed by atoms with E-state index in [1.807, 2.05) is 28.8 Å². The highest BCUT2D eigenvalue weighted by molar-refractivity contribution is 7.99. The van der Waals surface area contributed by atoms with Crippen LogP contribution in [-0.2, 0) is 22.7 Å². The number of hydrogen-bond donors (Lipinski definition) is 3. The molecule has 3 N–H and O–H groups in total. The molecule has 8 nitrogen and oxygen atoms in total. The molecule has 162 valence electrons. The fourth-order valence-electron chi connectivity index (χ4n) is 2.89. The minimum Gasteiger partial charge on any atom is -0.497 e. The van der Waals surface area contributed by atoms with Crippen LogP contribution in [0.4, 0.5) is 11.4 Å². The fraction of sp³-hybridized carbons (Fsp3) is 0.227. The number of ether oxygens (including phenoxy) is 1. The molecule has 0 radical (unpaired) electrons. The van der Waals surface area contributed by atoms with Crippen molar-refractivity contribution in [3.63, 3.8) is 0 Å². The molecule has 3 rings (SSSR count). The lowest BCUT2D eigenvalue weighted by molar-refractivity contribution is -0.114. The molecule has 0 aliphatic rings. The zero-order valence-corrected chi connectivity index (χ0v) is 18.1. The number of hydrogen-bond acceptors (Lipinski definition) is 6. The second-order valence-electron chi connectivity index (χ2n) is 6.75. The molecule has 0 bridgehead atoms. The number of nitrogens with one attached hydrogen (secondary N) is 2. The molecular formula is C22H24N4O4S. The smallest absolute Gasteiger partial charge is 0.234 e. The summed E-state index contributed by atoms with van der Waals surface area (Å²) in [6, 6.07) is 14.6. The molecule has 1 heterocycles. The van der Waals surface area contributed by atoms with Crippen molar-refractivity contribution in [2.24, 2.45) is 0 Å². The number of benzene rings is 2. The Morgan fingerprint density at radius 2 is 1.84 bits per heavy atom. The highest BCUT2D eigenvalue weighted by Crippen LogP contribution is 2.22. The van der Waals surface area contributed by atoms with E-state index in [2.05, 4.69) is 15.6 Å². The first kappa shape index (κ1) is 22.4. The molecule has 3 aromatic rings. The van der Waals surface area contributed by atoms with Crippen molar-refractivity contribution in [1.82, 2.24) is 9.55 Å². The molecule has 0 aliphatic heterocycles. The fourth-order valence-corrected chi connectivity index (χ4v) is 3.69. The number of aliphatic hydroxyl groups is 1. The molecule has 31 heavy (non-hydrogen) atoms. The number of carbonyl (C=O) groups excluding carboxylic acids is 2. The van der Waals surface area contributed by atoms with Gasteiger partial charge in [0.15, 0.2) is 5.16 Å². The number of carbonyl (C=O) groups is 2. The number of aromatic nitrogens is 2. The Morgan fingerprint density at radius 1 is 1.13 bits per heavy atom. The molecule has 0 saturated heterocycles. The Balaban J connectivity index is 1.63. The normalized spacial score (nSPS) is 10.5. The number of nitrogens with zero attached hydrogens (tertiary/aromatic N) is 2. The molecule has 2 aromatic carbocycles. The zero-order valence-electron chi connectivity index (χ0n) is 17.3. The van der Waals surface area contributed by atoms with E-state index in [0.717, 1.165) is 11.3 Å². The van der Waals surface area contributed by atoms with Crippen molar-refractivity contribution in [1.29, 1.82) is 0 Å². The SMILES string of the molecule is COc1ccc(Cn2cc(CO)nc2SCC(=O)Nc2cccc(NC(C)=O)c2)cc1. The molecule has 0 atom stereocenters. The van der Waals surface area contributed by atoms with Gasteiger partial charge >= 0.3 is 0 Å². The van der Waals surface area contributed by atoms with E-state index in [4.69, 9.17) is 4.74 Å². The number of anilines is 2. The highest BCUT2D eigenvalue weighted by Gasteiger charge is 2.12. The summed E-state index contributed by atoms with van der Waals surface area (Å²) in [6.45, 7) is 1.81. The summed E-state index contributed by atoms with van der Waals surface area (Å²) >= 11 is 1.29. The van der Waals surface area contributed by atoms with E-state index in [1.165, 1.54) is 18.7 Å². The van der Waals surface area contributed by atoms with Gasteiger partial charge in [-0.3, -0.25) is 9.59 Å². The van der Waals surface area contributed by atoms with Crippen molar-refractivity contribution in [2.45, 2.75) is 25.2 Å². The van der Waals surface area contributed by atoms with E-state index >= 15 is 0 Å². The van der Waals surface area contributed by atoms with Gasteiger partial charge in [0.05, 0.1) is 25.2 Å². The van der Waals surface area contributed by atoms with Gasteiger partial charge in [-0.2, -0.15) is 0 Å². The first-order valence-electron chi connectivity index (χ1n) is 9.57. The standard InChI is InChI=1S/C22H24N4O4S/c1-15(28)23-17-4-3-5-18(10-17)24-21(29)14-31-22-25-19(13-27)12-26(22)11-16-6-8-20(30-2)9-7-16/h3-10,12,27H,11,13-14H2,1-2H3,(H,23,28)(H,24,29). The zero-order chi connectivity index (χ0) is 22.2. The van der Waals surface area contributed by atoms with Gasteiger partial charge < -0.3 is 25.0 Å². The molecule has 9 heteroatoms. The summed E-state index contributed by atoms with van der Waals surface area (Å²) in [5.74, 6) is 0.547. The predicted molar refractivity (Wildman–Crippen MR) is 120 cm³/mol. The largest absolute Gasteiger partial charge is 0.497 e. The van der Waals surface area contributed by atoms with Gasteiger partial charge in [0, 0.05) is 31.0 Å². The van der Waals surface area contributed by atoms with Crippen LogP contribution in [0.5, 0.6) is 5.75 Å². The number of imidazole rings is 1. The average molecular weight is 441 g/mol. The number of methoxy groups -OCH3 is 1. The van der Waals surface area contributed by atoms with Gasteiger partial charge in [-0.1, -0.05) is 30.0 Å². The summed E-state index contributed by atoms with van der Waals surface area (Å²) in [5.41, 5.74) is 2.79. The van der Waals surface area contributed by atoms with Crippen LogP contribution in [0.15, 0.2) is 59.9 Å². The molecule has 2 amide bonds. The maximum absolute atomic E-state index is 12.4. The molecular weight excluding hydrogens is 416 g/mol. The number of amides is 2. The summed E-state index contributed by atoms with van der Waals surface area (Å²) < 4.78 is 7.09. The number of rotatable bonds is 9. The van der Waals surface area contributed by atoms with Gasteiger partial charge in [-0.25, -0.2) is 4.98 Å². The summed E-state index contributed by atoms with van der Waals surface area (Å²) in [7, 11) is 1.62. The van der Waals surface area contributed by atoms with Crippen molar-refractivity contribution in [3.05, 3.63) is 66.0 Å². The van der Waals surface area contributed by atoms with Crippen LogP contribution in [0.1, 0.15) is 18.2 Å². The Morgan fingerprint density at radius 3 is 2.48 bits per heavy atom. The summed E-state index contributed by atoms with van der Waals surface area (Å²) in [6.07, 6.45) is 1.78. The van der Waals surface area contributed by atoms with E-state index in [1.54, 1.807) is 37.6 Å². The topological polar surface area (TPSA) is 105 Å². The molecule has 1 aromatic heterocycles. The molecule has 0 aliphatic carbocycles. The maximum Gasteiger partial charge on any atom is 0.234 e. The van der Waals surface area contributed by atoms with Crippen molar-refractivity contribution in [3.8, 4) is 5.75 Å². The first-order valence-corrected chi connectivity index (χ1v) is 10.6. The minimum absolute atomic E-state index is 0.148. The van der Waals surface area contributed by atoms with Crippen molar-refractivity contribution >= 4 is 35.0 Å². The van der Waals surface area contributed by atoms with E-state index in [-0.39, 0.29) is 24.2 Å². The maximum atomic E-state index is 12.4. The Labute approximate surface area is 184 Å². The Bertz CT molecular complexity index is 1050. The number of thioether (sulfide) groups is 1. The van der Waals surface area contributed by atoms with Crippen LogP contribution in [0.3, 0.4) is 0 Å². The Kier molecular flexibility index (Phi) is 7.69. The van der Waals surface area contributed by atoms with Crippen LogP contribution in [0.25, 0.3) is 0 Å². The monoisotopic (exact) mass is 440 g/mol. The lowest BCUT2D eigenvalue weighted by atomic mass is 10.2. The predicted octanol–water partition coefficient (Wildman–Crippen LogP) is 3.12. The van der Waals surface area contributed by atoms with Crippen LogP contribution in [0.2, 0.25) is 0 Å². The molecule has 0 spiro atoms. The summed E-state index contributed by atoms with van der Waals surface area (Å²) in [4.78, 5) is 28.0. The van der Waals surface area contributed by atoms with Gasteiger partial charge in [-0.15, -0.1) is 0 Å². The molecule has 0 unspecified atom stereocenters. The molecule has 0 saturated carbocycles. The lowest BCUT2D eigenvalue weighted by Gasteiger charge is -2.09. The van der Waals surface area contributed by atoms with Gasteiger partial charge in [0.1, 0.15) is 5.75 Å². The van der Waals surface area contributed by atoms with Gasteiger partial charge in [0.2, 0.25) is 11.8 Å². The van der Waals surface area contributed by atoms with E-state index in [0.29, 0.717) is 28.8 Å². The quantitative estimate of drug-likeness (QED) is 0.442. The lowest BCUT2D eigenvalue weighted by Crippen LogP contribution is -2.15. The van der Waals surface area contributed by atoms with Crippen molar-refractivity contribution < 1.29 is 19.4 Å². The highest BCUT2D eigenvalue weighted by atomic mass is 32.2. The second-order valence-corrected chi connectivity index (χ2v) is 7.69. The van der Waals surface area contributed by atoms with Gasteiger partial charge in [0.25, 0.3) is 0 Å². The van der Waals surface area contributed by atoms with Crippen LogP contribution >= 0.6 is 11.8 Å². The van der Waals surface area contributed by atoms with E-state index < -0.39 is 0 Å². The van der Waals surface area contributed by atoms with E-state index in [9.17, 15) is 14.7 Å². The average Bonchev–Trinajstić information content (AvgIpc) is 3.14. The van der Waals surface area contributed by atoms with Gasteiger partial charge in [-0.05, 0) is 35.9 Å². The summed E-state index contributed by atoms with van der Waals surface area (Å²) in [5, 5.41) is 15.6. The third kappa shape index (κ3) is 6.59. The first-order chi connectivity index (χ1) is 15.0. The van der Waals surface area contributed by atoms with Crippen LogP contribution in [-0.4, -0.2) is 39.3 Å². The number of aliphatic hydroxyl groups excluding tert-OH is 1. The van der Waals surface area contributed by atoms with Crippen LogP contribution in [0, 0.1) is 0 Å².